The molecule has 0 radical (unpaired) electrons. The van der Waals surface area contributed by atoms with Crippen LogP contribution in [0, 0.1) is 27.9 Å². The van der Waals surface area contributed by atoms with E-state index in [1.54, 1.807) is 0 Å². The van der Waals surface area contributed by atoms with Gasteiger partial charge in [0.15, 0.2) is 0 Å². The van der Waals surface area contributed by atoms with Crippen LogP contribution in [0.25, 0.3) is 0 Å². The van der Waals surface area contributed by atoms with Gasteiger partial charge < -0.3 is 14.9 Å². The molecule has 0 fully saturated rings. The molecule has 0 saturated heterocycles. The van der Waals surface area contributed by atoms with Crippen molar-refractivity contribution in [3.05, 3.63) is 82.0 Å². The van der Waals surface area contributed by atoms with Gasteiger partial charge in [-0.05, 0) is 0 Å². The standard InChI is InChI=1S/C7H7.C5H5.2CH3.2ClH.H2Si.Ti/c1-7-5-3-2-4-6-7;1-2-4-5-3-1;;;;;;/h2-6H,1H2;1-3H,4H2;2*1H3;2*1H;1H2;/q4*-1;;;;. The Morgan fingerprint density at radius 3 is 1.72 bits per heavy atom. The van der Waals surface area contributed by atoms with Crippen LogP contribution in [0.3, 0.4) is 0 Å². The first kappa shape index (κ1) is 30.8. The second kappa shape index (κ2) is 25.8. The molecule has 1 aromatic rings. The Hall–Kier alpha value is 0.0812. The average molecular weight is 337 g/mol. The van der Waals surface area contributed by atoms with Crippen molar-refractivity contribution >= 4 is 32.4 Å². The monoisotopic (exact) mass is 336 g/mol. The first-order valence-corrected chi connectivity index (χ1v) is 8.35. The molecule has 0 saturated carbocycles. The third-order valence-electron chi connectivity index (χ3n) is 1.43. The first-order chi connectivity index (χ1) is 6.89. The molecular formula is C14H22Cl2SiTi-4. The summed E-state index contributed by atoms with van der Waals surface area (Å²) in [4.78, 5) is 0. The van der Waals surface area contributed by atoms with Gasteiger partial charge in [-0.1, -0.05) is 6.07 Å². The Morgan fingerprint density at radius 1 is 1.06 bits per heavy atom. The summed E-state index contributed by atoms with van der Waals surface area (Å²) in [6.45, 7) is 3.72. The zero-order chi connectivity index (χ0) is 10.6. The molecule has 0 heterocycles. The molecule has 4 heteroatoms. The van der Waals surface area contributed by atoms with E-state index < -0.39 is 0 Å². The fourth-order valence-corrected chi connectivity index (χ4v) is 0.818. The molecule has 0 aromatic heterocycles. The summed E-state index contributed by atoms with van der Waals surface area (Å²) in [5.41, 5.74) is 1.07. The molecule has 0 atom stereocenters. The van der Waals surface area contributed by atoms with Crippen molar-refractivity contribution < 1.29 is 19.2 Å². The average Bonchev–Trinajstić information content (AvgIpc) is 2.80. The minimum absolute atomic E-state index is 0. The van der Waals surface area contributed by atoms with Crippen molar-refractivity contribution in [1.82, 2.24) is 0 Å². The van der Waals surface area contributed by atoms with Gasteiger partial charge in [0.1, 0.15) is 0 Å². The van der Waals surface area contributed by atoms with Gasteiger partial charge >= 0.3 is 26.8 Å². The molecule has 1 aliphatic rings. The molecule has 0 N–H and O–H groups in total. The number of hydrogen-bond acceptors (Lipinski definition) is 0. The maximum atomic E-state index is 3.72. The van der Waals surface area contributed by atoms with Crippen molar-refractivity contribution in [1.29, 1.82) is 0 Å². The Kier molecular flexibility index (Phi) is 44.2. The fraction of sp³-hybridized carbons (Fsp3) is 0.0714. The Labute approximate surface area is 139 Å². The molecule has 0 nitrogen and oxygen atoms in total. The quantitative estimate of drug-likeness (QED) is 0.496. The van der Waals surface area contributed by atoms with Gasteiger partial charge in [0, 0.05) is 0 Å². The summed E-state index contributed by atoms with van der Waals surface area (Å²) in [5, 5.41) is 0. The SMILES string of the molecule is Cl.Cl.[C-]1=CC=CC1.[CH2-]c1ccccc1.[CH3-].[CH3-].[SiH2]=[Ti]. The molecule has 1 aromatic carbocycles. The van der Waals surface area contributed by atoms with E-state index in [1.807, 2.05) is 69.3 Å². The first-order valence-electron chi connectivity index (χ1n) is 4.33. The van der Waals surface area contributed by atoms with E-state index >= 15 is 0 Å². The van der Waals surface area contributed by atoms with E-state index in [1.165, 1.54) is 0 Å². The van der Waals surface area contributed by atoms with Crippen LogP contribution in [0.4, 0.5) is 0 Å². The Morgan fingerprint density at radius 2 is 1.56 bits per heavy atom. The second-order valence-corrected chi connectivity index (χ2v) is 2.49. The van der Waals surface area contributed by atoms with Crippen molar-refractivity contribution in [3.63, 3.8) is 0 Å². The molecular weight excluding hydrogens is 315 g/mol. The van der Waals surface area contributed by atoms with Crippen LogP contribution in [0.5, 0.6) is 0 Å². The van der Waals surface area contributed by atoms with E-state index in [4.69, 9.17) is 0 Å². The topological polar surface area (TPSA) is 0 Å². The molecule has 0 spiro atoms. The molecule has 0 aliphatic heterocycles. The summed E-state index contributed by atoms with van der Waals surface area (Å²) >= 11 is 2.03. The molecule has 0 amide bonds. The van der Waals surface area contributed by atoms with Crippen LogP contribution in [-0.2, 0) is 19.2 Å². The Bertz CT molecular complexity index is 277. The molecule has 104 valence electrons. The fourth-order valence-electron chi connectivity index (χ4n) is 0.818. The summed E-state index contributed by atoms with van der Waals surface area (Å²) in [5.74, 6) is 0. The Balaban J connectivity index is -0.0000000470. The number of halogens is 2. The maximum absolute atomic E-state index is 3.72. The zero-order valence-corrected chi connectivity index (χ0v) is 15.7. The predicted octanol–water partition coefficient (Wildman–Crippen LogP) is 4.00. The van der Waals surface area contributed by atoms with Gasteiger partial charge in [-0.15, -0.1) is 43.4 Å². The number of rotatable bonds is 0. The van der Waals surface area contributed by atoms with E-state index in [0.717, 1.165) is 12.0 Å². The van der Waals surface area contributed by atoms with Crippen molar-refractivity contribution in [2.75, 3.05) is 0 Å². The van der Waals surface area contributed by atoms with Gasteiger partial charge in [0.25, 0.3) is 0 Å². The van der Waals surface area contributed by atoms with Crippen molar-refractivity contribution in [2.24, 2.45) is 0 Å². The predicted molar refractivity (Wildman–Crippen MR) is 88.3 cm³/mol. The number of benzene rings is 1. The van der Waals surface area contributed by atoms with Gasteiger partial charge in [0.05, 0.1) is 0 Å². The number of hydrogen-bond donors (Lipinski definition) is 0. The summed E-state index contributed by atoms with van der Waals surface area (Å²) in [6.07, 6.45) is 10.0. The molecule has 2 rings (SSSR count). The van der Waals surface area contributed by atoms with E-state index in [2.05, 4.69) is 19.1 Å². The number of allylic oxidation sites excluding steroid dienone is 4. The van der Waals surface area contributed by atoms with Crippen LogP contribution in [0.1, 0.15) is 12.0 Å². The third-order valence-corrected chi connectivity index (χ3v) is 1.43. The molecule has 0 bridgehead atoms. The minimum atomic E-state index is 0. The van der Waals surface area contributed by atoms with Crippen LogP contribution in [-0.4, -0.2) is 7.63 Å². The summed E-state index contributed by atoms with van der Waals surface area (Å²) in [6, 6.07) is 9.87. The summed E-state index contributed by atoms with van der Waals surface area (Å²) < 4.78 is 0. The van der Waals surface area contributed by atoms with Crippen molar-refractivity contribution in [3.8, 4) is 0 Å². The molecule has 18 heavy (non-hydrogen) atoms. The van der Waals surface area contributed by atoms with Gasteiger partial charge in [-0.25, -0.2) is 12.2 Å². The van der Waals surface area contributed by atoms with Crippen molar-refractivity contribution in [2.45, 2.75) is 6.42 Å². The third kappa shape index (κ3) is 21.4. The van der Waals surface area contributed by atoms with Crippen LogP contribution in [0.15, 0.2) is 48.6 Å². The van der Waals surface area contributed by atoms with Gasteiger partial charge in [0.2, 0.25) is 0 Å². The van der Waals surface area contributed by atoms with Crippen LogP contribution >= 0.6 is 24.8 Å². The van der Waals surface area contributed by atoms with Gasteiger partial charge in [-0.3, -0.25) is 6.08 Å². The van der Waals surface area contributed by atoms with Crippen LogP contribution < -0.4 is 0 Å². The normalized spacial score (nSPS) is 8.39. The molecule has 1 aliphatic carbocycles. The van der Waals surface area contributed by atoms with Crippen LogP contribution in [0.2, 0.25) is 0 Å². The van der Waals surface area contributed by atoms with E-state index in [9.17, 15) is 0 Å². The second-order valence-electron chi connectivity index (χ2n) is 2.49. The zero-order valence-electron chi connectivity index (χ0n) is 11.1. The summed E-state index contributed by atoms with van der Waals surface area (Å²) in [7, 11) is 1.86. The van der Waals surface area contributed by atoms with E-state index in [0.29, 0.717) is 0 Å². The van der Waals surface area contributed by atoms with Gasteiger partial charge in [-0.2, -0.15) is 30.7 Å². The molecule has 0 unspecified atom stereocenters. The van der Waals surface area contributed by atoms with E-state index in [-0.39, 0.29) is 39.7 Å².